The first kappa shape index (κ1) is 19.8. The maximum atomic E-state index is 12.9. The normalized spacial score (nSPS) is 12.8. The molecular weight excluding hydrogens is 378 g/mol. The highest BCUT2D eigenvalue weighted by atomic mass is 16.5. The van der Waals surface area contributed by atoms with Crippen LogP contribution in [0.3, 0.4) is 0 Å². The van der Waals surface area contributed by atoms with Crippen molar-refractivity contribution in [3.63, 3.8) is 0 Å². The van der Waals surface area contributed by atoms with E-state index < -0.39 is 0 Å². The number of benzene rings is 3. The molecule has 3 aromatic rings. The van der Waals surface area contributed by atoms with Crippen molar-refractivity contribution in [3.8, 4) is 28.4 Å². The number of hydrogen-bond donors (Lipinski definition) is 0. The molecular formula is C25H25NO4. The van der Waals surface area contributed by atoms with Gasteiger partial charge in [-0.1, -0.05) is 48.5 Å². The van der Waals surface area contributed by atoms with Crippen LogP contribution < -0.4 is 14.2 Å². The molecule has 154 valence electrons. The number of carbonyl (C=O) groups is 1. The molecule has 0 atom stereocenters. The zero-order valence-corrected chi connectivity index (χ0v) is 17.3. The van der Waals surface area contributed by atoms with Crippen LogP contribution in [0.15, 0.2) is 66.7 Å². The maximum Gasteiger partial charge on any atom is 0.260 e. The second-order valence-electron chi connectivity index (χ2n) is 7.19. The molecule has 3 aromatic carbocycles. The lowest BCUT2D eigenvalue weighted by Crippen LogP contribution is -2.38. The molecule has 0 saturated heterocycles. The van der Waals surface area contributed by atoms with Gasteiger partial charge in [-0.2, -0.15) is 0 Å². The number of carbonyl (C=O) groups excluding carboxylic acids is 1. The summed E-state index contributed by atoms with van der Waals surface area (Å²) in [4.78, 5) is 14.7. The molecule has 5 heteroatoms. The molecule has 5 nitrogen and oxygen atoms in total. The number of ether oxygens (including phenoxy) is 3. The summed E-state index contributed by atoms with van der Waals surface area (Å²) in [6.07, 6.45) is 0.780. The Kier molecular flexibility index (Phi) is 5.89. The van der Waals surface area contributed by atoms with Crippen molar-refractivity contribution in [2.75, 3.05) is 27.4 Å². The van der Waals surface area contributed by atoms with Gasteiger partial charge in [0.1, 0.15) is 5.75 Å². The van der Waals surface area contributed by atoms with Crippen molar-refractivity contribution >= 4 is 5.91 Å². The summed E-state index contributed by atoms with van der Waals surface area (Å²) >= 11 is 0. The molecule has 30 heavy (non-hydrogen) atoms. The Balaban J connectivity index is 1.45. The average molecular weight is 403 g/mol. The van der Waals surface area contributed by atoms with Gasteiger partial charge in [-0.25, -0.2) is 0 Å². The zero-order chi connectivity index (χ0) is 20.9. The minimum absolute atomic E-state index is 0.00642. The fourth-order valence-electron chi connectivity index (χ4n) is 3.78. The molecule has 0 spiro atoms. The van der Waals surface area contributed by atoms with E-state index in [4.69, 9.17) is 14.2 Å². The van der Waals surface area contributed by atoms with Crippen LogP contribution in [0.5, 0.6) is 17.2 Å². The predicted molar refractivity (Wildman–Crippen MR) is 116 cm³/mol. The van der Waals surface area contributed by atoms with Gasteiger partial charge < -0.3 is 19.1 Å². The molecule has 0 radical (unpaired) electrons. The van der Waals surface area contributed by atoms with E-state index in [1.807, 2.05) is 71.6 Å². The number of rotatable bonds is 6. The first-order chi connectivity index (χ1) is 14.7. The van der Waals surface area contributed by atoms with Gasteiger partial charge in [0, 0.05) is 18.7 Å². The fourth-order valence-corrected chi connectivity index (χ4v) is 3.78. The Morgan fingerprint density at radius 1 is 0.867 bits per heavy atom. The van der Waals surface area contributed by atoms with E-state index in [1.165, 1.54) is 5.56 Å². The van der Waals surface area contributed by atoms with Crippen LogP contribution in [0.25, 0.3) is 11.1 Å². The van der Waals surface area contributed by atoms with Gasteiger partial charge in [0.15, 0.2) is 18.1 Å². The summed E-state index contributed by atoms with van der Waals surface area (Å²) in [5.41, 5.74) is 4.31. The third kappa shape index (κ3) is 4.10. The molecule has 0 N–H and O–H groups in total. The topological polar surface area (TPSA) is 48.0 Å². The summed E-state index contributed by atoms with van der Waals surface area (Å²) in [7, 11) is 3.25. The van der Waals surface area contributed by atoms with E-state index in [1.54, 1.807) is 14.2 Å². The van der Waals surface area contributed by atoms with E-state index in [0.717, 1.165) is 28.9 Å². The van der Waals surface area contributed by atoms with Gasteiger partial charge in [0.25, 0.3) is 5.91 Å². The number of para-hydroxylation sites is 1. The van der Waals surface area contributed by atoms with Crippen molar-refractivity contribution in [1.29, 1.82) is 0 Å². The van der Waals surface area contributed by atoms with E-state index in [2.05, 4.69) is 0 Å². The Labute approximate surface area is 176 Å². The van der Waals surface area contributed by atoms with Crippen molar-refractivity contribution in [3.05, 3.63) is 77.9 Å². The van der Waals surface area contributed by atoms with Gasteiger partial charge >= 0.3 is 0 Å². The lowest BCUT2D eigenvalue weighted by Gasteiger charge is -2.29. The van der Waals surface area contributed by atoms with E-state index in [0.29, 0.717) is 24.6 Å². The predicted octanol–water partition coefficient (Wildman–Crippen LogP) is 4.33. The molecule has 1 aliphatic heterocycles. The Morgan fingerprint density at radius 3 is 2.27 bits per heavy atom. The van der Waals surface area contributed by atoms with Crippen LogP contribution in [0.1, 0.15) is 11.1 Å². The third-order valence-corrected chi connectivity index (χ3v) is 5.39. The monoisotopic (exact) mass is 403 g/mol. The van der Waals surface area contributed by atoms with Crippen LogP contribution in [0.4, 0.5) is 0 Å². The van der Waals surface area contributed by atoms with E-state index in [9.17, 15) is 4.79 Å². The molecule has 1 aliphatic rings. The molecule has 1 heterocycles. The second kappa shape index (κ2) is 8.91. The lowest BCUT2D eigenvalue weighted by atomic mass is 9.99. The number of fused-ring (bicyclic) bond motifs is 1. The number of hydrogen-bond acceptors (Lipinski definition) is 4. The minimum Gasteiger partial charge on any atom is -0.493 e. The summed E-state index contributed by atoms with van der Waals surface area (Å²) in [6.45, 7) is 1.20. The highest BCUT2D eigenvalue weighted by Gasteiger charge is 2.23. The molecule has 0 unspecified atom stereocenters. The van der Waals surface area contributed by atoms with Crippen LogP contribution in [0.2, 0.25) is 0 Å². The standard InChI is InChI=1S/C25H25NO4/c1-28-23-14-19-12-13-26(16-20(19)15-24(23)29-2)25(27)17-30-22-11-7-6-10-21(22)18-8-4-3-5-9-18/h3-11,14-15H,12-13,16-17H2,1-2H3. The summed E-state index contributed by atoms with van der Waals surface area (Å²) < 4.78 is 16.7. The van der Waals surface area contributed by atoms with Gasteiger partial charge in [-0.05, 0) is 41.3 Å². The summed E-state index contributed by atoms with van der Waals surface area (Å²) in [5, 5.41) is 0. The number of nitrogens with zero attached hydrogens (tertiary/aromatic N) is 1. The van der Waals surface area contributed by atoms with Crippen LogP contribution >= 0.6 is 0 Å². The summed E-state index contributed by atoms with van der Waals surface area (Å²) in [6, 6.07) is 21.8. The lowest BCUT2D eigenvalue weighted by molar-refractivity contribution is -0.134. The molecule has 4 rings (SSSR count). The van der Waals surface area contributed by atoms with E-state index >= 15 is 0 Å². The van der Waals surface area contributed by atoms with Crippen molar-refractivity contribution in [2.45, 2.75) is 13.0 Å². The minimum atomic E-state index is -0.0294. The second-order valence-corrected chi connectivity index (χ2v) is 7.19. The van der Waals surface area contributed by atoms with Gasteiger partial charge in [0.2, 0.25) is 0 Å². The first-order valence-corrected chi connectivity index (χ1v) is 9.98. The summed E-state index contributed by atoms with van der Waals surface area (Å²) in [5.74, 6) is 2.08. The van der Waals surface area contributed by atoms with Crippen molar-refractivity contribution < 1.29 is 19.0 Å². The largest absolute Gasteiger partial charge is 0.493 e. The quantitative estimate of drug-likeness (QED) is 0.615. The highest BCUT2D eigenvalue weighted by Crippen LogP contribution is 2.33. The molecule has 0 aliphatic carbocycles. The smallest absolute Gasteiger partial charge is 0.260 e. The SMILES string of the molecule is COc1cc2c(cc1OC)CN(C(=O)COc1ccccc1-c1ccccc1)CC2. The van der Waals surface area contributed by atoms with Gasteiger partial charge in [0.05, 0.1) is 14.2 Å². The number of methoxy groups -OCH3 is 2. The molecule has 0 bridgehead atoms. The number of amides is 1. The Hall–Kier alpha value is -3.47. The van der Waals surface area contributed by atoms with Crippen LogP contribution in [0, 0.1) is 0 Å². The fraction of sp³-hybridized carbons (Fsp3) is 0.240. The maximum absolute atomic E-state index is 12.9. The first-order valence-electron chi connectivity index (χ1n) is 9.98. The Bertz CT molecular complexity index is 1030. The van der Waals surface area contributed by atoms with Gasteiger partial charge in [-0.3, -0.25) is 4.79 Å². The molecule has 1 amide bonds. The van der Waals surface area contributed by atoms with Crippen molar-refractivity contribution in [1.82, 2.24) is 4.90 Å². The third-order valence-electron chi connectivity index (χ3n) is 5.39. The highest BCUT2D eigenvalue weighted by molar-refractivity contribution is 5.79. The van der Waals surface area contributed by atoms with Gasteiger partial charge in [-0.15, -0.1) is 0 Å². The molecule has 0 aromatic heterocycles. The van der Waals surface area contributed by atoms with Crippen LogP contribution in [-0.2, 0) is 17.8 Å². The average Bonchev–Trinajstić information content (AvgIpc) is 2.81. The zero-order valence-electron chi connectivity index (χ0n) is 17.3. The van der Waals surface area contributed by atoms with E-state index in [-0.39, 0.29) is 12.5 Å². The molecule has 0 saturated carbocycles. The van der Waals surface area contributed by atoms with Crippen molar-refractivity contribution in [2.24, 2.45) is 0 Å². The Morgan fingerprint density at radius 2 is 1.53 bits per heavy atom. The molecule has 0 fully saturated rings. The van der Waals surface area contributed by atoms with Crippen LogP contribution in [-0.4, -0.2) is 38.2 Å².